The van der Waals surface area contributed by atoms with Gasteiger partial charge in [-0.05, 0) is 31.5 Å². The van der Waals surface area contributed by atoms with Crippen molar-refractivity contribution in [3.05, 3.63) is 41.3 Å². The third-order valence-electron chi connectivity index (χ3n) is 3.66. The summed E-state index contributed by atoms with van der Waals surface area (Å²) in [6, 6.07) is 8.96. The number of rotatable bonds is 3. The Morgan fingerprint density at radius 1 is 1.37 bits per heavy atom. The van der Waals surface area contributed by atoms with Crippen LogP contribution in [0.4, 0.5) is 0 Å². The van der Waals surface area contributed by atoms with Crippen molar-refractivity contribution < 1.29 is 0 Å². The molecule has 1 fully saturated rings. The van der Waals surface area contributed by atoms with E-state index in [4.69, 9.17) is 0 Å². The average molecular weight is 320 g/mol. The molecule has 1 atom stereocenters. The molecular weight excluding hydrogens is 302 g/mol. The fourth-order valence-electron chi connectivity index (χ4n) is 2.67. The molecule has 19 heavy (non-hydrogen) atoms. The molecule has 2 aromatic rings. The Labute approximate surface area is 122 Å². The lowest BCUT2D eigenvalue weighted by Crippen LogP contribution is -2.37. The van der Waals surface area contributed by atoms with Gasteiger partial charge in [0.15, 0.2) is 0 Å². The van der Waals surface area contributed by atoms with Gasteiger partial charge in [-0.2, -0.15) is 0 Å². The number of hydrogen-bond donors (Lipinski definition) is 1. The molecule has 0 bridgehead atoms. The molecule has 3 nitrogen and oxygen atoms in total. The predicted molar refractivity (Wildman–Crippen MR) is 81.0 cm³/mol. The molecule has 0 aliphatic carbocycles. The Morgan fingerprint density at radius 2 is 2.32 bits per heavy atom. The normalized spacial score (nSPS) is 19.5. The van der Waals surface area contributed by atoms with Gasteiger partial charge in [-0.25, -0.2) is 4.98 Å². The van der Waals surface area contributed by atoms with Crippen molar-refractivity contribution in [2.45, 2.75) is 31.8 Å². The highest BCUT2D eigenvalue weighted by Crippen LogP contribution is 2.23. The Kier molecular flexibility index (Phi) is 3.99. The summed E-state index contributed by atoms with van der Waals surface area (Å²) in [5, 5.41) is 3.59. The van der Waals surface area contributed by atoms with E-state index in [0.717, 1.165) is 17.6 Å². The zero-order chi connectivity index (χ0) is 13.1. The summed E-state index contributed by atoms with van der Waals surface area (Å²) >= 11 is 3.53. The molecule has 1 aromatic carbocycles. The van der Waals surface area contributed by atoms with Gasteiger partial charge < -0.3 is 9.88 Å². The molecule has 1 aliphatic rings. The molecule has 1 aromatic heterocycles. The third kappa shape index (κ3) is 3.07. The smallest absolute Gasteiger partial charge is 0.0951 e. The summed E-state index contributed by atoms with van der Waals surface area (Å²) in [6.45, 7) is 2.15. The summed E-state index contributed by atoms with van der Waals surface area (Å²) in [6.07, 6.45) is 7.78. The van der Waals surface area contributed by atoms with Gasteiger partial charge in [0.2, 0.25) is 0 Å². The van der Waals surface area contributed by atoms with Crippen LogP contribution >= 0.6 is 15.9 Å². The van der Waals surface area contributed by atoms with Crippen LogP contribution in [0.25, 0.3) is 11.3 Å². The molecule has 0 saturated carbocycles. The first-order valence-electron chi connectivity index (χ1n) is 6.82. The minimum Gasteiger partial charge on any atom is -0.329 e. The van der Waals surface area contributed by atoms with Crippen LogP contribution in [0.2, 0.25) is 0 Å². The Morgan fingerprint density at radius 3 is 3.11 bits per heavy atom. The number of imidazole rings is 1. The number of nitrogens with one attached hydrogen (secondary N) is 1. The molecule has 1 saturated heterocycles. The molecule has 0 spiro atoms. The second-order valence-electron chi connectivity index (χ2n) is 5.09. The van der Waals surface area contributed by atoms with Crippen molar-refractivity contribution in [1.82, 2.24) is 14.9 Å². The average Bonchev–Trinajstić information content (AvgIpc) is 2.88. The molecule has 0 radical (unpaired) electrons. The van der Waals surface area contributed by atoms with E-state index in [1.807, 2.05) is 18.6 Å². The lowest BCUT2D eigenvalue weighted by Gasteiger charge is -2.24. The number of benzene rings is 1. The van der Waals surface area contributed by atoms with Gasteiger partial charge in [0, 0.05) is 22.6 Å². The van der Waals surface area contributed by atoms with Gasteiger partial charge in [-0.3, -0.25) is 0 Å². The standard InChI is InChI=1S/C15H18BrN3/c16-13-5-3-4-12(8-13)15-9-17-11-19(15)10-14-6-1-2-7-18-14/h3-5,8-9,11,14,18H,1-2,6-7,10H2. The molecular formula is C15H18BrN3. The van der Waals surface area contributed by atoms with Gasteiger partial charge >= 0.3 is 0 Å². The number of nitrogens with zero attached hydrogens (tertiary/aromatic N) is 2. The van der Waals surface area contributed by atoms with Crippen LogP contribution in [0.1, 0.15) is 19.3 Å². The van der Waals surface area contributed by atoms with Crippen molar-refractivity contribution >= 4 is 15.9 Å². The molecule has 1 aliphatic heterocycles. The fourth-order valence-corrected chi connectivity index (χ4v) is 3.07. The third-order valence-corrected chi connectivity index (χ3v) is 4.16. The van der Waals surface area contributed by atoms with Crippen LogP contribution in [0.15, 0.2) is 41.3 Å². The molecule has 2 heterocycles. The summed E-state index contributed by atoms with van der Waals surface area (Å²) in [5.74, 6) is 0. The molecule has 0 amide bonds. The van der Waals surface area contributed by atoms with Crippen molar-refractivity contribution in [2.75, 3.05) is 6.54 Å². The Bertz CT molecular complexity index is 544. The SMILES string of the molecule is Brc1cccc(-c2cncn2CC2CCCCN2)c1. The van der Waals surface area contributed by atoms with Crippen molar-refractivity contribution in [2.24, 2.45) is 0 Å². The summed E-state index contributed by atoms with van der Waals surface area (Å²) in [7, 11) is 0. The van der Waals surface area contributed by atoms with Crippen molar-refractivity contribution in [3.8, 4) is 11.3 Å². The second kappa shape index (κ2) is 5.88. The highest BCUT2D eigenvalue weighted by Gasteiger charge is 2.15. The lowest BCUT2D eigenvalue weighted by atomic mass is 10.0. The largest absolute Gasteiger partial charge is 0.329 e. The van der Waals surface area contributed by atoms with Crippen LogP contribution in [0.3, 0.4) is 0 Å². The molecule has 3 rings (SSSR count). The van der Waals surface area contributed by atoms with E-state index < -0.39 is 0 Å². The number of piperidine rings is 1. The topological polar surface area (TPSA) is 29.9 Å². The van der Waals surface area contributed by atoms with Crippen LogP contribution in [0, 0.1) is 0 Å². The monoisotopic (exact) mass is 319 g/mol. The minimum absolute atomic E-state index is 0.578. The molecule has 1 unspecified atom stereocenters. The van der Waals surface area contributed by atoms with Crippen molar-refractivity contribution in [3.63, 3.8) is 0 Å². The molecule has 100 valence electrons. The Balaban J connectivity index is 1.81. The van der Waals surface area contributed by atoms with E-state index in [1.54, 1.807) is 0 Å². The van der Waals surface area contributed by atoms with Gasteiger partial charge in [-0.1, -0.05) is 34.5 Å². The molecule has 1 N–H and O–H groups in total. The van der Waals surface area contributed by atoms with Gasteiger partial charge in [0.05, 0.1) is 18.2 Å². The van der Waals surface area contributed by atoms with E-state index in [2.05, 4.69) is 49.0 Å². The lowest BCUT2D eigenvalue weighted by molar-refractivity contribution is 0.364. The van der Waals surface area contributed by atoms with Crippen LogP contribution in [-0.4, -0.2) is 22.1 Å². The van der Waals surface area contributed by atoms with Gasteiger partial charge in [0.1, 0.15) is 0 Å². The van der Waals surface area contributed by atoms with Crippen LogP contribution in [-0.2, 0) is 6.54 Å². The van der Waals surface area contributed by atoms with Crippen molar-refractivity contribution in [1.29, 1.82) is 0 Å². The van der Waals surface area contributed by atoms with Gasteiger partial charge in [-0.15, -0.1) is 0 Å². The van der Waals surface area contributed by atoms with E-state index in [0.29, 0.717) is 6.04 Å². The minimum atomic E-state index is 0.578. The van der Waals surface area contributed by atoms with Crippen LogP contribution in [0.5, 0.6) is 0 Å². The first-order chi connectivity index (χ1) is 9.33. The predicted octanol–water partition coefficient (Wildman–Crippen LogP) is 3.45. The van der Waals surface area contributed by atoms with E-state index in [1.165, 1.54) is 30.5 Å². The quantitative estimate of drug-likeness (QED) is 0.939. The highest BCUT2D eigenvalue weighted by atomic mass is 79.9. The summed E-state index contributed by atoms with van der Waals surface area (Å²) in [5.41, 5.74) is 2.40. The maximum atomic E-state index is 4.31. The first kappa shape index (κ1) is 12.9. The van der Waals surface area contributed by atoms with E-state index in [-0.39, 0.29) is 0 Å². The fraction of sp³-hybridized carbons (Fsp3) is 0.400. The maximum Gasteiger partial charge on any atom is 0.0951 e. The number of hydrogen-bond acceptors (Lipinski definition) is 2. The van der Waals surface area contributed by atoms with Crippen LogP contribution < -0.4 is 5.32 Å². The number of aromatic nitrogens is 2. The summed E-state index contributed by atoms with van der Waals surface area (Å²) < 4.78 is 3.36. The van der Waals surface area contributed by atoms with E-state index in [9.17, 15) is 0 Å². The maximum absolute atomic E-state index is 4.31. The summed E-state index contributed by atoms with van der Waals surface area (Å²) in [4.78, 5) is 4.31. The van der Waals surface area contributed by atoms with E-state index >= 15 is 0 Å². The Hall–Kier alpha value is -1.13. The zero-order valence-electron chi connectivity index (χ0n) is 10.8. The first-order valence-corrected chi connectivity index (χ1v) is 7.62. The highest BCUT2D eigenvalue weighted by molar-refractivity contribution is 9.10. The van der Waals surface area contributed by atoms with Gasteiger partial charge in [0.25, 0.3) is 0 Å². The number of halogens is 1. The zero-order valence-corrected chi connectivity index (χ0v) is 12.4. The second-order valence-corrected chi connectivity index (χ2v) is 6.00. The molecule has 4 heteroatoms.